The Labute approximate surface area is 110 Å². The number of Topliss-reactive ketones (excluding diaryl/α,β-unsaturated/α-hetero) is 1. The summed E-state index contributed by atoms with van der Waals surface area (Å²) in [6.45, 7) is 3.01. The van der Waals surface area contributed by atoms with Crippen LogP contribution in [-0.4, -0.2) is 29.7 Å². The number of rotatable bonds is 7. The van der Waals surface area contributed by atoms with Gasteiger partial charge < -0.3 is 9.30 Å². The zero-order chi connectivity index (χ0) is 14.5. The van der Waals surface area contributed by atoms with E-state index in [1.807, 2.05) is 13.8 Å². The number of carbonyl (C=O) groups is 1. The average molecular weight is 277 g/mol. The highest BCUT2D eigenvalue weighted by Crippen LogP contribution is 2.14. The van der Waals surface area contributed by atoms with Gasteiger partial charge in [0.1, 0.15) is 6.61 Å². The first-order valence-electron chi connectivity index (χ1n) is 6.14. The predicted octanol–water partition coefficient (Wildman–Crippen LogP) is 3.30. The van der Waals surface area contributed by atoms with Crippen LogP contribution in [0.5, 0.6) is 0 Å². The summed E-state index contributed by atoms with van der Waals surface area (Å²) < 4.78 is 41.7. The van der Waals surface area contributed by atoms with Gasteiger partial charge in [0, 0.05) is 37.0 Å². The Morgan fingerprint density at radius 3 is 2.68 bits per heavy atom. The highest BCUT2D eigenvalue weighted by molar-refractivity contribution is 5.97. The highest BCUT2D eigenvalue weighted by atomic mass is 19.4. The Hall–Kier alpha value is -1.30. The maximum atomic E-state index is 11.8. The topological polar surface area (TPSA) is 31.2 Å². The molecular weight excluding hydrogens is 259 g/mol. The van der Waals surface area contributed by atoms with Crippen LogP contribution in [0, 0.1) is 5.92 Å². The largest absolute Gasteiger partial charge is 0.411 e. The van der Waals surface area contributed by atoms with Gasteiger partial charge in [0.15, 0.2) is 5.78 Å². The van der Waals surface area contributed by atoms with E-state index >= 15 is 0 Å². The number of carbonyl (C=O) groups excluding carboxylic acids is 1. The molecule has 0 N–H and O–H groups in total. The van der Waals surface area contributed by atoms with Crippen LogP contribution >= 0.6 is 0 Å². The quantitative estimate of drug-likeness (QED) is 0.565. The van der Waals surface area contributed by atoms with Crippen LogP contribution in [0.15, 0.2) is 18.5 Å². The van der Waals surface area contributed by atoms with E-state index in [4.69, 9.17) is 0 Å². The molecule has 0 atom stereocenters. The molecule has 0 saturated carbocycles. The van der Waals surface area contributed by atoms with E-state index in [9.17, 15) is 18.0 Å². The molecule has 0 unspecified atom stereocenters. The van der Waals surface area contributed by atoms with Crippen LogP contribution in [0.1, 0.15) is 30.6 Å². The normalized spacial score (nSPS) is 12.1. The number of alkyl halides is 3. The Morgan fingerprint density at radius 1 is 1.42 bits per heavy atom. The summed E-state index contributed by atoms with van der Waals surface area (Å²) in [5.74, 6) is -0.00181. The molecule has 6 heteroatoms. The van der Waals surface area contributed by atoms with Crippen LogP contribution in [0.3, 0.4) is 0 Å². The number of ether oxygens (including phenoxy) is 1. The SMILES string of the molecule is CC(C)C(=O)c1ccn(CCCOCC(F)(F)F)c1. The summed E-state index contributed by atoms with van der Waals surface area (Å²) in [5, 5.41) is 0. The minimum atomic E-state index is -4.27. The van der Waals surface area contributed by atoms with Crippen molar-refractivity contribution in [3.8, 4) is 0 Å². The van der Waals surface area contributed by atoms with Gasteiger partial charge in [-0.05, 0) is 12.5 Å². The van der Waals surface area contributed by atoms with Crippen molar-refractivity contribution in [2.75, 3.05) is 13.2 Å². The van der Waals surface area contributed by atoms with Crippen molar-refractivity contribution in [2.24, 2.45) is 5.92 Å². The van der Waals surface area contributed by atoms with Crippen molar-refractivity contribution < 1.29 is 22.7 Å². The molecule has 0 bridgehead atoms. The molecule has 0 aromatic carbocycles. The predicted molar refractivity (Wildman–Crippen MR) is 65.1 cm³/mol. The Kier molecular flexibility index (Phi) is 5.60. The van der Waals surface area contributed by atoms with E-state index < -0.39 is 12.8 Å². The van der Waals surface area contributed by atoms with Crippen LogP contribution < -0.4 is 0 Å². The monoisotopic (exact) mass is 277 g/mol. The van der Waals surface area contributed by atoms with Crippen molar-refractivity contribution in [3.05, 3.63) is 24.0 Å². The van der Waals surface area contributed by atoms with E-state index in [0.717, 1.165) is 0 Å². The summed E-state index contributed by atoms with van der Waals surface area (Å²) in [7, 11) is 0. The Morgan fingerprint density at radius 2 is 2.11 bits per heavy atom. The zero-order valence-corrected chi connectivity index (χ0v) is 11.0. The number of nitrogens with zero attached hydrogens (tertiary/aromatic N) is 1. The first kappa shape index (κ1) is 15.8. The van der Waals surface area contributed by atoms with E-state index in [0.29, 0.717) is 18.5 Å². The Balaban J connectivity index is 2.29. The van der Waals surface area contributed by atoms with Crippen LogP contribution in [-0.2, 0) is 11.3 Å². The van der Waals surface area contributed by atoms with Crippen LogP contribution in [0.2, 0.25) is 0 Å². The smallest absolute Gasteiger partial charge is 0.372 e. The molecule has 0 aliphatic rings. The van der Waals surface area contributed by atoms with Gasteiger partial charge in [0.05, 0.1) is 0 Å². The fourth-order valence-corrected chi connectivity index (χ4v) is 1.60. The van der Waals surface area contributed by atoms with Crippen molar-refractivity contribution in [1.29, 1.82) is 0 Å². The van der Waals surface area contributed by atoms with Crippen molar-refractivity contribution in [2.45, 2.75) is 33.0 Å². The molecule has 1 aromatic heterocycles. The standard InChI is InChI=1S/C13H18F3NO2/c1-10(2)12(18)11-4-6-17(8-11)5-3-7-19-9-13(14,15)16/h4,6,8,10H,3,5,7,9H2,1-2H3. The molecule has 0 fully saturated rings. The summed E-state index contributed by atoms with van der Waals surface area (Å²) in [5.41, 5.74) is 0.631. The van der Waals surface area contributed by atoms with Crippen molar-refractivity contribution in [3.63, 3.8) is 0 Å². The van der Waals surface area contributed by atoms with Gasteiger partial charge in [-0.25, -0.2) is 0 Å². The van der Waals surface area contributed by atoms with Gasteiger partial charge in [-0.2, -0.15) is 13.2 Å². The lowest BCUT2D eigenvalue weighted by molar-refractivity contribution is -0.174. The molecule has 0 aliphatic heterocycles. The van der Waals surface area contributed by atoms with Crippen molar-refractivity contribution in [1.82, 2.24) is 4.57 Å². The third kappa shape index (κ3) is 5.92. The Bertz CT molecular complexity index is 410. The van der Waals surface area contributed by atoms with E-state index in [1.165, 1.54) is 0 Å². The number of ketones is 1. The lowest BCUT2D eigenvalue weighted by Crippen LogP contribution is -2.17. The molecular formula is C13H18F3NO2. The lowest BCUT2D eigenvalue weighted by atomic mass is 10.0. The first-order chi connectivity index (χ1) is 8.79. The summed E-state index contributed by atoms with van der Waals surface area (Å²) >= 11 is 0. The van der Waals surface area contributed by atoms with Crippen LogP contribution in [0.4, 0.5) is 13.2 Å². The first-order valence-corrected chi connectivity index (χ1v) is 6.14. The third-order valence-corrected chi connectivity index (χ3v) is 2.53. The molecule has 3 nitrogen and oxygen atoms in total. The van der Waals surface area contributed by atoms with E-state index in [1.54, 1.807) is 23.0 Å². The molecule has 19 heavy (non-hydrogen) atoms. The molecule has 1 aromatic rings. The van der Waals surface area contributed by atoms with Gasteiger partial charge in [-0.15, -0.1) is 0 Å². The minimum absolute atomic E-state index is 0.0468. The molecule has 1 heterocycles. The summed E-state index contributed by atoms with van der Waals surface area (Å²) in [6, 6.07) is 1.72. The van der Waals surface area contributed by atoms with Gasteiger partial charge in [-0.1, -0.05) is 13.8 Å². The molecule has 0 aliphatic carbocycles. The number of hydrogen-bond donors (Lipinski definition) is 0. The second-order valence-electron chi connectivity index (χ2n) is 4.68. The average Bonchev–Trinajstić information content (AvgIpc) is 2.74. The van der Waals surface area contributed by atoms with E-state index in [2.05, 4.69) is 4.74 Å². The number of hydrogen-bond acceptors (Lipinski definition) is 2. The molecule has 1 rings (SSSR count). The lowest BCUT2D eigenvalue weighted by Gasteiger charge is -2.07. The van der Waals surface area contributed by atoms with Gasteiger partial charge in [-0.3, -0.25) is 4.79 Å². The fourth-order valence-electron chi connectivity index (χ4n) is 1.60. The molecule has 0 saturated heterocycles. The number of aryl methyl sites for hydroxylation is 1. The molecule has 0 amide bonds. The molecule has 108 valence electrons. The zero-order valence-electron chi connectivity index (χ0n) is 11.0. The fraction of sp³-hybridized carbons (Fsp3) is 0.615. The maximum absolute atomic E-state index is 11.8. The maximum Gasteiger partial charge on any atom is 0.411 e. The van der Waals surface area contributed by atoms with Gasteiger partial charge in [0.2, 0.25) is 0 Å². The second-order valence-corrected chi connectivity index (χ2v) is 4.68. The summed E-state index contributed by atoms with van der Waals surface area (Å²) in [4.78, 5) is 11.7. The number of halogens is 3. The van der Waals surface area contributed by atoms with E-state index in [-0.39, 0.29) is 18.3 Å². The minimum Gasteiger partial charge on any atom is -0.372 e. The third-order valence-electron chi connectivity index (χ3n) is 2.53. The van der Waals surface area contributed by atoms with Gasteiger partial charge in [0.25, 0.3) is 0 Å². The number of aromatic nitrogens is 1. The molecule has 0 spiro atoms. The highest BCUT2D eigenvalue weighted by Gasteiger charge is 2.27. The van der Waals surface area contributed by atoms with Crippen LogP contribution in [0.25, 0.3) is 0 Å². The van der Waals surface area contributed by atoms with Gasteiger partial charge >= 0.3 is 6.18 Å². The van der Waals surface area contributed by atoms with Crippen molar-refractivity contribution >= 4 is 5.78 Å². The summed E-state index contributed by atoms with van der Waals surface area (Å²) in [6.07, 6.45) is -0.337. The second kappa shape index (κ2) is 6.75. The molecule has 0 radical (unpaired) electrons.